The Morgan fingerprint density at radius 3 is 2.67 bits per heavy atom. The summed E-state index contributed by atoms with van der Waals surface area (Å²) in [6.07, 6.45) is 6.85. The van der Waals surface area contributed by atoms with E-state index in [1.54, 1.807) is 11.3 Å². The molecule has 1 fully saturated rings. The second-order valence-electron chi connectivity index (χ2n) is 3.35. The Hall–Kier alpha value is 0.110. The third-order valence-corrected chi connectivity index (χ3v) is 4.14. The molecule has 0 saturated heterocycles. The molecular formula is C9H12BrNS. The smallest absolute Gasteiger partial charge is 0.0931 e. The molecule has 1 saturated carbocycles. The highest BCUT2D eigenvalue weighted by Gasteiger charge is 2.19. The van der Waals surface area contributed by atoms with Crippen molar-refractivity contribution in [1.82, 2.24) is 4.98 Å². The lowest BCUT2D eigenvalue weighted by molar-refractivity contribution is 0.437. The number of hydrogen-bond donors (Lipinski definition) is 0. The number of nitrogens with zero attached hydrogens (tertiary/aromatic N) is 1. The van der Waals surface area contributed by atoms with Crippen LogP contribution in [0.4, 0.5) is 0 Å². The number of hydrogen-bond acceptors (Lipinski definition) is 2. The second kappa shape index (κ2) is 3.88. The molecule has 1 heterocycles. The standard InChI is InChI=1S/C9H12BrNS/c10-9-8(11-6-12-9)7-4-2-1-3-5-7/h6-7H,1-5H2. The molecular weight excluding hydrogens is 234 g/mol. The van der Waals surface area contributed by atoms with Gasteiger partial charge in [0.15, 0.2) is 0 Å². The van der Waals surface area contributed by atoms with Gasteiger partial charge in [0.25, 0.3) is 0 Å². The fourth-order valence-electron chi connectivity index (χ4n) is 1.88. The van der Waals surface area contributed by atoms with Crippen molar-refractivity contribution >= 4 is 27.3 Å². The van der Waals surface area contributed by atoms with E-state index in [2.05, 4.69) is 20.9 Å². The highest BCUT2D eigenvalue weighted by atomic mass is 79.9. The van der Waals surface area contributed by atoms with E-state index < -0.39 is 0 Å². The Balaban J connectivity index is 2.13. The molecule has 0 bridgehead atoms. The van der Waals surface area contributed by atoms with Crippen LogP contribution in [-0.2, 0) is 0 Å². The zero-order chi connectivity index (χ0) is 8.39. The summed E-state index contributed by atoms with van der Waals surface area (Å²) >= 11 is 5.26. The van der Waals surface area contributed by atoms with Crippen molar-refractivity contribution in [3.05, 3.63) is 15.0 Å². The minimum Gasteiger partial charge on any atom is -0.248 e. The van der Waals surface area contributed by atoms with Crippen LogP contribution in [0.25, 0.3) is 0 Å². The normalized spacial score (nSPS) is 19.8. The number of aromatic nitrogens is 1. The minimum absolute atomic E-state index is 0.736. The van der Waals surface area contributed by atoms with Crippen molar-refractivity contribution in [2.24, 2.45) is 0 Å². The van der Waals surface area contributed by atoms with Gasteiger partial charge in [-0.25, -0.2) is 4.98 Å². The highest BCUT2D eigenvalue weighted by Crippen LogP contribution is 2.36. The van der Waals surface area contributed by atoms with Crippen LogP contribution in [0.5, 0.6) is 0 Å². The lowest BCUT2D eigenvalue weighted by atomic mass is 9.87. The molecule has 0 radical (unpaired) electrons. The Morgan fingerprint density at radius 1 is 1.33 bits per heavy atom. The van der Waals surface area contributed by atoms with Crippen molar-refractivity contribution in [2.75, 3.05) is 0 Å². The van der Waals surface area contributed by atoms with Gasteiger partial charge in [0.05, 0.1) is 15.0 Å². The molecule has 1 nitrogen and oxygen atoms in total. The first-order valence-corrected chi connectivity index (χ1v) is 6.14. The maximum absolute atomic E-state index is 4.41. The summed E-state index contributed by atoms with van der Waals surface area (Å²) in [5.74, 6) is 0.736. The third kappa shape index (κ3) is 1.72. The van der Waals surface area contributed by atoms with Gasteiger partial charge in [-0.1, -0.05) is 19.3 Å². The van der Waals surface area contributed by atoms with Gasteiger partial charge in [0.2, 0.25) is 0 Å². The first kappa shape index (κ1) is 8.70. The van der Waals surface area contributed by atoms with Crippen LogP contribution in [0.1, 0.15) is 43.7 Å². The summed E-state index contributed by atoms with van der Waals surface area (Å²) in [6.45, 7) is 0. The van der Waals surface area contributed by atoms with Crippen LogP contribution in [0.15, 0.2) is 9.30 Å². The van der Waals surface area contributed by atoms with Gasteiger partial charge in [-0.2, -0.15) is 0 Å². The Morgan fingerprint density at radius 2 is 2.08 bits per heavy atom. The van der Waals surface area contributed by atoms with E-state index in [-0.39, 0.29) is 0 Å². The molecule has 0 aliphatic heterocycles. The van der Waals surface area contributed by atoms with Gasteiger partial charge < -0.3 is 0 Å². The van der Waals surface area contributed by atoms with E-state index in [1.807, 2.05) is 5.51 Å². The van der Waals surface area contributed by atoms with Gasteiger partial charge in [-0.15, -0.1) is 11.3 Å². The Bertz CT molecular complexity index is 253. The van der Waals surface area contributed by atoms with E-state index in [0.717, 1.165) is 5.92 Å². The van der Waals surface area contributed by atoms with Crippen LogP contribution in [0.3, 0.4) is 0 Å². The molecule has 66 valence electrons. The first-order valence-electron chi connectivity index (χ1n) is 4.47. The molecule has 1 aromatic heterocycles. The summed E-state index contributed by atoms with van der Waals surface area (Å²) in [5, 5.41) is 0. The van der Waals surface area contributed by atoms with Gasteiger partial charge in [-0.3, -0.25) is 0 Å². The average molecular weight is 246 g/mol. The molecule has 1 aliphatic rings. The van der Waals surface area contributed by atoms with Crippen molar-refractivity contribution < 1.29 is 0 Å². The van der Waals surface area contributed by atoms with Crippen molar-refractivity contribution in [3.63, 3.8) is 0 Å². The zero-order valence-electron chi connectivity index (χ0n) is 6.92. The molecule has 1 aromatic rings. The molecule has 0 aromatic carbocycles. The quantitative estimate of drug-likeness (QED) is 0.731. The van der Waals surface area contributed by atoms with Crippen LogP contribution in [0.2, 0.25) is 0 Å². The van der Waals surface area contributed by atoms with Gasteiger partial charge in [-0.05, 0) is 28.8 Å². The number of halogens is 1. The van der Waals surface area contributed by atoms with Crippen LogP contribution < -0.4 is 0 Å². The number of thiazole rings is 1. The molecule has 0 spiro atoms. The van der Waals surface area contributed by atoms with Crippen molar-refractivity contribution in [1.29, 1.82) is 0 Å². The minimum atomic E-state index is 0.736. The maximum Gasteiger partial charge on any atom is 0.0931 e. The molecule has 0 unspecified atom stereocenters. The Labute approximate surface area is 85.3 Å². The van der Waals surface area contributed by atoms with E-state index in [4.69, 9.17) is 0 Å². The monoisotopic (exact) mass is 245 g/mol. The summed E-state index contributed by atoms with van der Waals surface area (Å²) in [5.41, 5.74) is 3.24. The van der Waals surface area contributed by atoms with Crippen molar-refractivity contribution in [3.8, 4) is 0 Å². The number of rotatable bonds is 1. The lowest BCUT2D eigenvalue weighted by Crippen LogP contribution is -2.04. The average Bonchev–Trinajstić information content (AvgIpc) is 2.53. The molecule has 1 aliphatic carbocycles. The summed E-state index contributed by atoms with van der Waals surface area (Å²) in [7, 11) is 0. The first-order chi connectivity index (χ1) is 5.88. The predicted octanol–water partition coefficient (Wildman–Crippen LogP) is 3.95. The summed E-state index contributed by atoms with van der Waals surface area (Å²) in [4.78, 5) is 4.41. The predicted molar refractivity (Wildman–Crippen MR) is 55.6 cm³/mol. The van der Waals surface area contributed by atoms with Crippen LogP contribution >= 0.6 is 27.3 Å². The highest BCUT2D eigenvalue weighted by molar-refractivity contribution is 9.11. The Kier molecular flexibility index (Phi) is 2.81. The molecule has 0 N–H and O–H groups in total. The third-order valence-electron chi connectivity index (χ3n) is 2.54. The van der Waals surface area contributed by atoms with Gasteiger partial charge in [0, 0.05) is 5.92 Å². The maximum atomic E-state index is 4.41. The van der Waals surface area contributed by atoms with Gasteiger partial charge in [0.1, 0.15) is 0 Å². The summed E-state index contributed by atoms with van der Waals surface area (Å²) in [6, 6.07) is 0. The van der Waals surface area contributed by atoms with Crippen molar-refractivity contribution in [2.45, 2.75) is 38.0 Å². The van der Waals surface area contributed by atoms with E-state index in [1.165, 1.54) is 41.6 Å². The van der Waals surface area contributed by atoms with E-state index in [0.29, 0.717) is 0 Å². The summed E-state index contributed by atoms with van der Waals surface area (Å²) < 4.78 is 1.24. The zero-order valence-corrected chi connectivity index (χ0v) is 9.33. The van der Waals surface area contributed by atoms with Crippen LogP contribution in [0, 0.1) is 0 Å². The van der Waals surface area contributed by atoms with E-state index >= 15 is 0 Å². The molecule has 12 heavy (non-hydrogen) atoms. The topological polar surface area (TPSA) is 12.9 Å². The second-order valence-corrected chi connectivity index (χ2v) is 5.52. The fraction of sp³-hybridized carbons (Fsp3) is 0.667. The molecule has 2 rings (SSSR count). The SMILES string of the molecule is Brc1scnc1C1CCCCC1. The van der Waals surface area contributed by atoms with E-state index in [9.17, 15) is 0 Å². The molecule has 0 amide bonds. The lowest BCUT2D eigenvalue weighted by Gasteiger charge is -2.19. The fourth-order valence-corrected chi connectivity index (χ4v) is 3.16. The largest absolute Gasteiger partial charge is 0.248 e. The molecule has 0 atom stereocenters. The van der Waals surface area contributed by atoms with Crippen LogP contribution in [-0.4, -0.2) is 4.98 Å². The molecule has 3 heteroatoms. The van der Waals surface area contributed by atoms with Gasteiger partial charge >= 0.3 is 0 Å².